The van der Waals surface area contributed by atoms with Crippen LogP contribution in [0, 0.1) is 13.8 Å². The number of hydrogen-bond donors (Lipinski definition) is 4. The predicted octanol–water partition coefficient (Wildman–Crippen LogP) is 11.1. The van der Waals surface area contributed by atoms with E-state index in [9.17, 15) is 44.4 Å². The molecule has 8 heterocycles. The van der Waals surface area contributed by atoms with Crippen molar-refractivity contribution in [2.24, 2.45) is 20.7 Å². The number of nitrogens with two attached hydrogens (primary N) is 2. The van der Waals surface area contributed by atoms with Crippen molar-refractivity contribution < 1.29 is 68.1 Å². The Labute approximate surface area is 595 Å². The molecule has 0 saturated carbocycles. The van der Waals surface area contributed by atoms with Gasteiger partial charge in [-0.25, -0.2) is 34.8 Å². The van der Waals surface area contributed by atoms with Gasteiger partial charge in [0, 0.05) is 66.9 Å². The number of amides is 2. The van der Waals surface area contributed by atoms with Crippen LogP contribution < -0.4 is 36.3 Å². The van der Waals surface area contributed by atoms with Gasteiger partial charge in [0.15, 0.2) is 41.1 Å². The molecule has 3 aromatic carbocycles. The number of carbonyl (C=O) groups is 4. The minimum Gasteiger partial charge on any atom is -0.493 e. The molecule has 0 spiro atoms. The molecule has 540 valence electrons. The largest absolute Gasteiger partial charge is 0.493 e. The molecular formula is C71H89Cl2N9O15S3. The average molecular weight is 1480 g/mol. The highest BCUT2D eigenvalue weighted by atomic mass is 35.5. The third-order valence-electron chi connectivity index (χ3n) is 19.2. The van der Waals surface area contributed by atoms with Gasteiger partial charge < -0.3 is 35.2 Å². The van der Waals surface area contributed by atoms with Gasteiger partial charge in [0.25, 0.3) is 0 Å². The third kappa shape index (κ3) is 14.4. The monoisotopic (exact) mass is 1470 g/mol. The number of aliphatic imine (C=N–C) groups is 3. The van der Waals surface area contributed by atoms with Gasteiger partial charge >= 0.3 is 12.2 Å². The molecule has 100 heavy (non-hydrogen) atoms. The lowest BCUT2D eigenvalue weighted by molar-refractivity contribution is 0.0548. The lowest BCUT2D eigenvalue weighted by Gasteiger charge is -2.44. The van der Waals surface area contributed by atoms with E-state index in [1.54, 1.807) is 171 Å². The van der Waals surface area contributed by atoms with Gasteiger partial charge in [-0.15, -0.1) is 0 Å². The number of aryl methyl sites for hydroxylation is 2. The standard InChI is InChI=1S/C28H34ClN3O6S.C23H26ClN3O4S.C20H29N3O5S/c1-16-12-18(29)15-30-23(16)20(33)14-17-8-9-21-19(13-17)28(7)22(10-11-37-21)39(35,36)27(5,6)24(32-28)31-25(34)38-26(2,3)4;1-13-9-15(24)12-26-20(13)17(28)11-14-5-6-18-16(10-14)23(4)19(7-8-31-18)32(29,30)22(2,3)21(25)27-23;1-18(2,3)28-17(24)22-16-19(4,5)29(25,26)15-9-10-27-14-8-7-12(21)11-13(14)20(15,6)23-16/h8-9,12-13,15,22H,10-11,14H2,1-7H3,(H,31,32,34);5-6,9-10,12,19H,7-8,11H2,1-4H3,(H2,25,27);7-8,11,15H,9-10,21H2,1-6H3,(H,22,23,24)/t22-,28-;19-,23-;15-,20-/m111/s1. The van der Waals surface area contributed by atoms with Crippen LogP contribution in [0.25, 0.3) is 0 Å². The minimum atomic E-state index is -3.88. The van der Waals surface area contributed by atoms with E-state index in [1.807, 2.05) is 0 Å². The van der Waals surface area contributed by atoms with Crippen molar-refractivity contribution in [2.75, 3.05) is 25.6 Å². The van der Waals surface area contributed by atoms with Gasteiger partial charge in [-0.05, 0) is 195 Å². The number of nitrogens with zero attached hydrogens (tertiary/aromatic N) is 5. The maximum atomic E-state index is 14.0. The van der Waals surface area contributed by atoms with Crippen LogP contribution in [0.5, 0.6) is 17.2 Å². The van der Waals surface area contributed by atoms with E-state index in [0.717, 1.165) is 0 Å². The number of sulfone groups is 3. The van der Waals surface area contributed by atoms with Crippen molar-refractivity contribution >= 4 is 99.7 Å². The van der Waals surface area contributed by atoms with Gasteiger partial charge in [0.2, 0.25) is 0 Å². The van der Waals surface area contributed by atoms with Crippen molar-refractivity contribution in [3.8, 4) is 17.2 Å². The van der Waals surface area contributed by atoms with Gasteiger partial charge in [0.05, 0.1) is 45.6 Å². The van der Waals surface area contributed by atoms with E-state index in [-0.39, 0.29) is 74.6 Å². The van der Waals surface area contributed by atoms with Gasteiger partial charge in [-0.2, -0.15) is 0 Å². The number of Topliss-reactive ketones (excluding diaryl/α,β-unsaturated/α-hetero) is 2. The van der Waals surface area contributed by atoms with Crippen molar-refractivity contribution in [3.05, 3.63) is 140 Å². The molecule has 0 fully saturated rings. The smallest absolute Gasteiger partial charge is 0.413 e. The van der Waals surface area contributed by atoms with Crippen molar-refractivity contribution in [1.82, 2.24) is 20.6 Å². The highest BCUT2D eigenvalue weighted by Gasteiger charge is 2.61. The van der Waals surface area contributed by atoms with Crippen LogP contribution in [0.3, 0.4) is 0 Å². The number of nitrogens with one attached hydrogen (secondary N) is 2. The fourth-order valence-corrected chi connectivity index (χ4v) is 20.6. The minimum absolute atomic E-state index is 0.00850. The van der Waals surface area contributed by atoms with Crippen LogP contribution in [0.4, 0.5) is 15.3 Å². The number of halogens is 2. The number of pyridine rings is 2. The van der Waals surface area contributed by atoms with Crippen LogP contribution in [0.2, 0.25) is 10.0 Å². The Balaban J connectivity index is 0.000000177. The second kappa shape index (κ2) is 26.9. The quantitative estimate of drug-likeness (QED) is 0.0906. The molecule has 2 aromatic heterocycles. The third-order valence-corrected chi connectivity index (χ3v) is 28.8. The number of amidine groups is 3. The second-order valence-corrected chi connectivity index (χ2v) is 38.8. The molecule has 0 unspecified atom stereocenters. The zero-order valence-corrected chi connectivity index (χ0v) is 63.4. The van der Waals surface area contributed by atoms with Crippen LogP contribution in [-0.4, -0.2) is 137 Å². The first-order valence-electron chi connectivity index (χ1n) is 32.6. The molecule has 0 aliphatic carbocycles. The van der Waals surface area contributed by atoms with Crippen molar-refractivity contribution in [1.29, 1.82) is 0 Å². The number of rotatable bonds is 6. The highest BCUT2D eigenvalue weighted by Crippen LogP contribution is 2.52. The number of carbonyl (C=O) groups excluding carboxylic acids is 4. The van der Waals surface area contributed by atoms with Crippen molar-refractivity contribution in [2.45, 2.75) is 208 Å². The Morgan fingerprint density at radius 1 is 0.510 bits per heavy atom. The Kier molecular flexibility index (Phi) is 20.6. The van der Waals surface area contributed by atoms with Crippen LogP contribution in [0.1, 0.15) is 183 Å². The number of fused-ring (bicyclic) bond motifs is 9. The van der Waals surface area contributed by atoms with E-state index in [0.29, 0.717) is 89.7 Å². The lowest BCUT2D eigenvalue weighted by atomic mass is 9.85. The van der Waals surface area contributed by atoms with Crippen LogP contribution in [-0.2, 0) is 68.4 Å². The summed E-state index contributed by atoms with van der Waals surface area (Å²) in [6.07, 6.45) is 2.26. The zero-order valence-electron chi connectivity index (χ0n) is 59.4. The molecule has 6 N–H and O–H groups in total. The van der Waals surface area contributed by atoms with E-state index < -0.39 is 99.5 Å². The van der Waals surface area contributed by atoms with Crippen LogP contribution in [0.15, 0.2) is 94.1 Å². The number of anilines is 1. The molecule has 0 saturated heterocycles. The number of ketones is 2. The Hall–Kier alpha value is -7.72. The molecule has 0 radical (unpaired) electrons. The summed E-state index contributed by atoms with van der Waals surface area (Å²) in [4.78, 5) is 73.8. The maximum absolute atomic E-state index is 14.0. The molecular weight excluding hydrogens is 1390 g/mol. The predicted molar refractivity (Wildman–Crippen MR) is 386 cm³/mol. The molecule has 5 aromatic rings. The Morgan fingerprint density at radius 2 is 0.840 bits per heavy atom. The number of ether oxygens (including phenoxy) is 5. The number of hydrogen-bond acceptors (Lipinski definition) is 22. The Bertz CT molecular complexity index is 4620. The SMILES string of the molecule is CC(C)(C)OC(=O)NC1=N[C@]2(C)c3cc(N)ccc3OCC[C@H]2S(=O)(=O)C1(C)C.Cc1cc(Cl)cnc1C(=O)Cc1ccc2c(c1)[C@@]1(C)N=C(N)C(C)(C)S(=O)(=O)[C@@H]1CCO2.Cc1cc(Cl)cnc1C(=O)Cc1ccc2c(c1)[C@@]1(C)N=C(NC(=O)OC(C)(C)C)C(C)(C)S(=O)(=O)[C@@H]1CCO2. The number of nitrogen functional groups attached to an aromatic ring is 1. The molecule has 6 aliphatic heterocycles. The second-order valence-electron chi connectivity index (χ2n) is 29.9. The van der Waals surface area contributed by atoms with Crippen LogP contribution >= 0.6 is 23.2 Å². The molecule has 6 atom stereocenters. The number of alkyl carbamates (subject to hydrolysis) is 2. The lowest BCUT2D eigenvalue weighted by Crippen LogP contribution is -2.61. The summed E-state index contributed by atoms with van der Waals surface area (Å²) < 4.78 is 106. The summed E-state index contributed by atoms with van der Waals surface area (Å²) >= 11 is 11.9. The van der Waals surface area contributed by atoms with E-state index in [4.69, 9.17) is 73.3 Å². The fourth-order valence-electron chi connectivity index (χ4n) is 13.4. The van der Waals surface area contributed by atoms with E-state index in [2.05, 4.69) is 20.6 Å². The first-order valence-corrected chi connectivity index (χ1v) is 38.0. The van der Waals surface area contributed by atoms with E-state index >= 15 is 0 Å². The topological polar surface area (TPSA) is 356 Å². The summed E-state index contributed by atoms with van der Waals surface area (Å²) in [6, 6.07) is 19.1. The molecule has 6 aliphatic rings. The Morgan fingerprint density at radius 3 is 1.19 bits per heavy atom. The van der Waals surface area contributed by atoms with Gasteiger partial charge in [-0.1, -0.05) is 35.3 Å². The number of benzene rings is 3. The zero-order chi connectivity index (χ0) is 74.3. The fraction of sp³-hybridized carbons (Fsp3) is 0.507. The molecule has 0 bridgehead atoms. The molecule has 29 heteroatoms. The molecule has 2 amide bonds. The normalized spacial score (nSPS) is 25.2. The average Bonchev–Trinajstić information content (AvgIpc) is 1.19. The summed E-state index contributed by atoms with van der Waals surface area (Å²) in [5.74, 6) is 1.33. The summed E-state index contributed by atoms with van der Waals surface area (Å²) in [5.41, 5.74) is 12.7. The van der Waals surface area contributed by atoms with Gasteiger partial charge in [-0.3, -0.25) is 45.2 Å². The van der Waals surface area contributed by atoms with E-state index in [1.165, 1.54) is 26.2 Å². The molecule has 11 rings (SSSR count). The summed E-state index contributed by atoms with van der Waals surface area (Å²) in [5, 5.41) is 3.57. The summed E-state index contributed by atoms with van der Waals surface area (Å²) in [7, 11) is -11.3. The molecule has 24 nitrogen and oxygen atoms in total. The first kappa shape index (κ1) is 76.5. The maximum Gasteiger partial charge on any atom is 0.413 e. The van der Waals surface area contributed by atoms with Crippen molar-refractivity contribution in [3.63, 3.8) is 0 Å². The van der Waals surface area contributed by atoms with Gasteiger partial charge in [0.1, 0.15) is 88.2 Å². The first-order chi connectivity index (χ1) is 46.0. The number of aromatic nitrogens is 2. The summed E-state index contributed by atoms with van der Waals surface area (Å²) in [6.45, 7) is 29.2. The highest BCUT2D eigenvalue weighted by molar-refractivity contribution is 7.95.